The first-order valence-electron chi connectivity index (χ1n) is 5.05. The molecule has 0 spiro atoms. The Morgan fingerprint density at radius 1 is 1.39 bits per heavy atom. The molecule has 0 aliphatic carbocycles. The highest BCUT2D eigenvalue weighted by Gasteiger charge is 2.12. The maximum Gasteiger partial charge on any atom is 0.322 e. The third-order valence-electron chi connectivity index (χ3n) is 2.06. The van der Waals surface area contributed by atoms with Gasteiger partial charge in [0.1, 0.15) is 11.0 Å². The standard InChI is InChI=1S/C10H10ClN5O2/c1-5-15-16-10(18-5)14-9(17)6-3-7(11)13-8(4-6)12-2/h3-4H,1-2H3,(H,12,13)(H,14,16,17). The number of nitrogens with one attached hydrogen (secondary N) is 2. The van der Waals surface area contributed by atoms with Crippen molar-refractivity contribution < 1.29 is 9.21 Å². The van der Waals surface area contributed by atoms with Crippen LogP contribution in [0.25, 0.3) is 0 Å². The van der Waals surface area contributed by atoms with Crippen molar-refractivity contribution in [3.63, 3.8) is 0 Å². The zero-order valence-corrected chi connectivity index (χ0v) is 10.4. The van der Waals surface area contributed by atoms with Gasteiger partial charge in [0.2, 0.25) is 5.89 Å². The molecule has 2 aromatic heterocycles. The topological polar surface area (TPSA) is 92.9 Å². The van der Waals surface area contributed by atoms with E-state index in [0.717, 1.165) is 0 Å². The Bertz CT molecular complexity index is 583. The minimum atomic E-state index is -0.403. The molecule has 0 atom stereocenters. The zero-order valence-electron chi connectivity index (χ0n) is 9.69. The van der Waals surface area contributed by atoms with Crippen LogP contribution in [0.3, 0.4) is 0 Å². The van der Waals surface area contributed by atoms with E-state index in [1.807, 2.05) is 0 Å². The summed E-state index contributed by atoms with van der Waals surface area (Å²) in [6.07, 6.45) is 0. The molecule has 1 amide bonds. The van der Waals surface area contributed by atoms with E-state index in [-0.39, 0.29) is 11.2 Å². The van der Waals surface area contributed by atoms with E-state index in [0.29, 0.717) is 17.3 Å². The summed E-state index contributed by atoms with van der Waals surface area (Å²) >= 11 is 5.80. The molecule has 0 fully saturated rings. The van der Waals surface area contributed by atoms with Crippen molar-refractivity contribution in [2.45, 2.75) is 6.92 Å². The van der Waals surface area contributed by atoms with E-state index in [4.69, 9.17) is 16.0 Å². The fourth-order valence-electron chi connectivity index (χ4n) is 1.27. The number of amides is 1. The summed E-state index contributed by atoms with van der Waals surface area (Å²) in [5.41, 5.74) is 0.343. The fraction of sp³-hybridized carbons (Fsp3) is 0.200. The predicted molar refractivity (Wildman–Crippen MR) is 65.8 cm³/mol. The van der Waals surface area contributed by atoms with E-state index < -0.39 is 5.91 Å². The highest BCUT2D eigenvalue weighted by Crippen LogP contribution is 2.15. The monoisotopic (exact) mass is 267 g/mol. The number of aryl methyl sites for hydroxylation is 1. The molecule has 2 N–H and O–H groups in total. The molecule has 7 nitrogen and oxygen atoms in total. The normalized spacial score (nSPS) is 10.2. The van der Waals surface area contributed by atoms with Gasteiger partial charge in [0.15, 0.2) is 0 Å². The lowest BCUT2D eigenvalue weighted by molar-refractivity contribution is 0.102. The van der Waals surface area contributed by atoms with Crippen LogP contribution < -0.4 is 10.6 Å². The number of halogens is 1. The highest BCUT2D eigenvalue weighted by molar-refractivity contribution is 6.30. The number of hydrogen-bond donors (Lipinski definition) is 2. The molecular formula is C10H10ClN5O2. The predicted octanol–water partition coefficient (Wildman–Crippen LogP) is 1.72. The van der Waals surface area contributed by atoms with E-state index >= 15 is 0 Å². The Morgan fingerprint density at radius 3 is 2.78 bits per heavy atom. The van der Waals surface area contributed by atoms with Gasteiger partial charge in [0, 0.05) is 19.5 Å². The Morgan fingerprint density at radius 2 is 2.17 bits per heavy atom. The van der Waals surface area contributed by atoms with Crippen molar-refractivity contribution in [3.8, 4) is 0 Å². The third kappa shape index (κ3) is 2.75. The van der Waals surface area contributed by atoms with Crippen molar-refractivity contribution in [2.24, 2.45) is 0 Å². The van der Waals surface area contributed by atoms with Crippen LogP contribution in [0.4, 0.5) is 11.8 Å². The Kier molecular flexibility index (Phi) is 3.42. The summed E-state index contributed by atoms with van der Waals surface area (Å²) in [6, 6.07) is 3.04. The number of anilines is 2. The van der Waals surface area contributed by atoms with Crippen LogP contribution in [0.1, 0.15) is 16.2 Å². The Balaban J connectivity index is 2.20. The molecule has 2 rings (SSSR count). The minimum Gasteiger partial charge on any atom is -0.408 e. The van der Waals surface area contributed by atoms with Gasteiger partial charge in [-0.25, -0.2) is 4.98 Å². The minimum absolute atomic E-state index is 0.0384. The van der Waals surface area contributed by atoms with E-state index in [9.17, 15) is 4.79 Å². The molecule has 18 heavy (non-hydrogen) atoms. The number of carbonyl (C=O) groups is 1. The second-order valence-corrected chi connectivity index (χ2v) is 3.78. The van der Waals surface area contributed by atoms with Gasteiger partial charge in [0.05, 0.1) is 0 Å². The molecule has 0 aliphatic rings. The first-order chi connectivity index (χ1) is 8.58. The van der Waals surface area contributed by atoms with Crippen LogP contribution in [0.2, 0.25) is 5.15 Å². The number of aromatic nitrogens is 3. The fourth-order valence-corrected chi connectivity index (χ4v) is 1.48. The van der Waals surface area contributed by atoms with Gasteiger partial charge in [-0.1, -0.05) is 16.7 Å². The quantitative estimate of drug-likeness (QED) is 0.823. The van der Waals surface area contributed by atoms with E-state index in [1.165, 1.54) is 6.07 Å². The molecule has 2 aromatic rings. The molecular weight excluding hydrogens is 258 g/mol. The molecule has 94 valence electrons. The van der Waals surface area contributed by atoms with Gasteiger partial charge in [-0.2, -0.15) is 0 Å². The van der Waals surface area contributed by atoms with Crippen LogP contribution in [-0.4, -0.2) is 28.1 Å². The lowest BCUT2D eigenvalue weighted by Crippen LogP contribution is -2.13. The highest BCUT2D eigenvalue weighted by atomic mass is 35.5. The van der Waals surface area contributed by atoms with Crippen LogP contribution in [-0.2, 0) is 0 Å². The van der Waals surface area contributed by atoms with E-state index in [2.05, 4.69) is 25.8 Å². The van der Waals surface area contributed by atoms with E-state index in [1.54, 1.807) is 20.0 Å². The summed E-state index contributed by atoms with van der Waals surface area (Å²) in [7, 11) is 1.68. The van der Waals surface area contributed by atoms with Gasteiger partial charge in [0.25, 0.3) is 5.91 Å². The van der Waals surface area contributed by atoms with Crippen molar-refractivity contribution in [2.75, 3.05) is 17.7 Å². The molecule has 2 heterocycles. The number of nitrogens with zero attached hydrogens (tertiary/aromatic N) is 3. The molecule has 0 aromatic carbocycles. The molecule has 0 unspecified atom stereocenters. The summed E-state index contributed by atoms with van der Waals surface area (Å²) in [5.74, 6) is 0.461. The van der Waals surface area contributed by atoms with Gasteiger partial charge in [-0.15, -0.1) is 5.10 Å². The smallest absolute Gasteiger partial charge is 0.322 e. The average Bonchev–Trinajstić information content (AvgIpc) is 2.73. The van der Waals surface area contributed by atoms with Crippen LogP contribution in [0.5, 0.6) is 0 Å². The maximum atomic E-state index is 11.9. The van der Waals surface area contributed by atoms with Crippen LogP contribution in [0.15, 0.2) is 16.5 Å². The molecule has 0 radical (unpaired) electrons. The molecule has 0 saturated heterocycles. The molecule has 0 aliphatic heterocycles. The van der Waals surface area contributed by atoms with Crippen molar-refractivity contribution in [1.29, 1.82) is 0 Å². The molecule has 0 bridgehead atoms. The largest absolute Gasteiger partial charge is 0.408 e. The Hall–Kier alpha value is -2.15. The number of carbonyl (C=O) groups excluding carboxylic acids is 1. The van der Waals surface area contributed by atoms with Crippen molar-refractivity contribution in [3.05, 3.63) is 28.7 Å². The van der Waals surface area contributed by atoms with Gasteiger partial charge < -0.3 is 9.73 Å². The van der Waals surface area contributed by atoms with Crippen molar-refractivity contribution >= 4 is 29.3 Å². The zero-order chi connectivity index (χ0) is 13.1. The third-order valence-corrected chi connectivity index (χ3v) is 2.25. The lowest BCUT2D eigenvalue weighted by Gasteiger charge is -2.04. The summed E-state index contributed by atoms with van der Waals surface area (Å²) in [4.78, 5) is 15.9. The van der Waals surface area contributed by atoms with Gasteiger partial charge in [-0.05, 0) is 12.1 Å². The summed E-state index contributed by atoms with van der Waals surface area (Å²) in [5, 5.41) is 12.8. The van der Waals surface area contributed by atoms with Gasteiger partial charge >= 0.3 is 6.01 Å². The summed E-state index contributed by atoms with van der Waals surface area (Å²) < 4.78 is 5.04. The number of hydrogen-bond acceptors (Lipinski definition) is 6. The SMILES string of the molecule is CNc1cc(C(=O)Nc2nnc(C)o2)cc(Cl)n1. The van der Waals surface area contributed by atoms with Gasteiger partial charge in [-0.3, -0.25) is 10.1 Å². The first kappa shape index (κ1) is 12.3. The molecule has 0 saturated carbocycles. The van der Waals surface area contributed by atoms with Crippen LogP contribution in [0, 0.1) is 6.92 Å². The van der Waals surface area contributed by atoms with Crippen molar-refractivity contribution in [1.82, 2.24) is 15.2 Å². The summed E-state index contributed by atoms with van der Waals surface area (Å²) in [6.45, 7) is 1.63. The average molecular weight is 268 g/mol. The van der Waals surface area contributed by atoms with Crippen LogP contribution >= 0.6 is 11.6 Å². The second-order valence-electron chi connectivity index (χ2n) is 3.39. The first-order valence-corrected chi connectivity index (χ1v) is 5.43. The maximum absolute atomic E-state index is 11.9. The number of rotatable bonds is 3. The lowest BCUT2D eigenvalue weighted by atomic mass is 10.2. The second kappa shape index (κ2) is 5.01. The Labute approximate surface area is 108 Å². The number of pyridine rings is 1. The molecule has 8 heteroatoms.